The SMILES string of the molecule is CCOC(=O)c1c(C(F)F)cc(F)nc1Br. The van der Waals surface area contributed by atoms with Crippen molar-refractivity contribution in [2.75, 3.05) is 6.61 Å². The molecule has 0 fully saturated rings. The molecule has 1 heterocycles. The Kier molecular flexibility index (Phi) is 4.28. The molecule has 88 valence electrons. The summed E-state index contributed by atoms with van der Waals surface area (Å²) in [4.78, 5) is 14.6. The first kappa shape index (κ1) is 13.0. The van der Waals surface area contributed by atoms with E-state index in [2.05, 4.69) is 25.7 Å². The Morgan fingerprint density at radius 3 is 2.75 bits per heavy atom. The quantitative estimate of drug-likeness (QED) is 0.636. The van der Waals surface area contributed by atoms with Crippen molar-refractivity contribution in [2.24, 2.45) is 0 Å². The third-order valence-corrected chi connectivity index (χ3v) is 2.26. The lowest BCUT2D eigenvalue weighted by molar-refractivity contribution is 0.0513. The molecule has 3 nitrogen and oxygen atoms in total. The minimum Gasteiger partial charge on any atom is -0.462 e. The number of hydrogen-bond donors (Lipinski definition) is 0. The number of carbonyl (C=O) groups is 1. The zero-order valence-electron chi connectivity index (χ0n) is 8.14. The molecular weight excluding hydrogens is 291 g/mol. The van der Waals surface area contributed by atoms with E-state index in [1.807, 2.05) is 0 Å². The maximum atomic E-state index is 12.8. The Morgan fingerprint density at radius 2 is 2.25 bits per heavy atom. The van der Waals surface area contributed by atoms with Gasteiger partial charge in [0.2, 0.25) is 5.95 Å². The maximum Gasteiger partial charge on any atom is 0.341 e. The standard InChI is InChI=1S/C9H7BrF3NO2/c1-2-16-9(15)6-4(8(12)13)3-5(11)14-7(6)10/h3,8H,2H2,1H3. The van der Waals surface area contributed by atoms with Crippen LogP contribution < -0.4 is 0 Å². The van der Waals surface area contributed by atoms with E-state index in [1.54, 1.807) is 0 Å². The van der Waals surface area contributed by atoms with Gasteiger partial charge in [0.05, 0.1) is 6.61 Å². The lowest BCUT2D eigenvalue weighted by Gasteiger charge is -2.09. The lowest BCUT2D eigenvalue weighted by Crippen LogP contribution is -2.11. The highest BCUT2D eigenvalue weighted by Gasteiger charge is 2.24. The van der Waals surface area contributed by atoms with Gasteiger partial charge in [-0.1, -0.05) is 0 Å². The maximum absolute atomic E-state index is 12.8. The molecule has 0 amide bonds. The molecule has 0 aliphatic rings. The van der Waals surface area contributed by atoms with Gasteiger partial charge in [0.15, 0.2) is 0 Å². The van der Waals surface area contributed by atoms with E-state index in [4.69, 9.17) is 0 Å². The van der Waals surface area contributed by atoms with E-state index >= 15 is 0 Å². The molecule has 0 aliphatic heterocycles. The second-order valence-electron chi connectivity index (χ2n) is 2.72. The zero-order valence-corrected chi connectivity index (χ0v) is 9.72. The summed E-state index contributed by atoms with van der Waals surface area (Å²) in [6.07, 6.45) is -2.98. The van der Waals surface area contributed by atoms with Crippen LogP contribution in [0.4, 0.5) is 13.2 Å². The molecule has 16 heavy (non-hydrogen) atoms. The van der Waals surface area contributed by atoms with E-state index in [0.717, 1.165) is 0 Å². The fraction of sp³-hybridized carbons (Fsp3) is 0.333. The van der Waals surface area contributed by atoms with Crippen molar-refractivity contribution in [3.8, 4) is 0 Å². The highest BCUT2D eigenvalue weighted by Crippen LogP contribution is 2.28. The Morgan fingerprint density at radius 1 is 1.62 bits per heavy atom. The molecule has 0 bridgehead atoms. The highest BCUT2D eigenvalue weighted by molar-refractivity contribution is 9.10. The van der Waals surface area contributed by atoms with Gasteiger partial charge in [-0.2, -0.15) is 4.39 Å². The predicted octanol–water partition coefficient (Wildman–Crippen LogP) is 3.10. The molecule has 0 aliphatic carbocycles. The number of aromatic nitrogens is 1. The van der Waals surface area contributed by atoms with Gasteiger partial charge in [-0.15, -0.1) is 0 Å². The minimum absolute atomic E-state index is 0.0331. The Labute approximate surface area is 97.8 Å². The van der Waals surface area contributed by atoms with Crippen LogP contribution in [0.5, 0.6) is 0 Å². The number of esters is 1. The number of pyridine rings is 1. The molecule has 0 saturated carbocycles. The van der Waals surface area contributed by atoms with Crippen molar-refractivity contribution < 1.29 is 22.7 Å². The number of halogens is 4. The number of hydrogen-bond acceptors (Lipinski definition) is 3. The number of alkyl halides is 2. The van der Waals surface area contributed by atoms with Crippen molar-refractivity contribution >= 4 is 21.9 Å². The second-order valence-corrected chi connectivity index (χ2v) is 3.47. The summed E-state index contributed by atoms with van der Waals surface area (Å²) >= 11 is 2.75. The summed E-state index contributed by atoms with van der Waals surface area (Å²) in [6, 6.07) is 0.516. The van der Waals surface area contributed by atoms with Crippen molar-refractivity contribution in [1.82, 2.24) is 4.98 Å². The monoisotopic (exact) mass is 297 g/mol. The van der Waals surface area contributed by atoms with Crippen LogP contribution >= 0.6 is 15.9 Å². The van der Waals surface area contributed by atoms with Gasteiger partial charge in [-0.25, -0.2) is 18.6 Å². The van der Waals surface area contributed by atoms with E-state index < -0.39 is 29.5 Å². The van der Waals surface area contributed by atoms with Crippen molar-refractivity contribution in [3.63, 3.8) is 0 Å². The average molecular weight is 298 g/mol. The molecule has 7 heteroatoms. The summed E-state index contributed by atoms with van der Waals surface area (Å²) < 4.78 is 42.2. The summed E-state index contributed by atoms with van der Waals surface area (Å²) in [6.45, 7) is 1.57. The van der Waals surface area contributed by atoms with Gasteiger partial charge < -0.3 is 4.74 Å². The first-order valence-corrected chi connectivity index (χ1v) is 5.07. The normalized spacial score (nSPS) is 10.6. The molecule has 1 rings (SSSR count). The summed E-state index contributed by atoms with van der Waals surface area (Å²) in [5, 5.41) is 0. The molecule has 0 unspecified atom stereocenters. The lowest BCUT2D eigenvalue weighted by atomic mass is 10.1. The molecule has 0 N–H and O–H groups in total. The topological polar surface area (TPSA) is 39.2 Å². The van der Waals surface area contributed by atoms with Crippen LogP contribution in [-0.4, -0.2) is 17.6 Å². The summed E-state index contributed by atoms with van der Waals surface area (Å²) in [7, 11) is 0. The number of rotatable bonds is 3. The van der Waals surface area contributed by atoms with Crippen molar-refractivity contribution in [3.05, 3.63) is 27.7 Å². The van der Waals surface area contributed by atoms with Crippen LogP contribution in [0.3, 0.4) is 0 Å². The minimum atomic E-state index is -2.98. The van der Waals surface area contributed by atoms with Crippen molar-refractivity contribution in [2.45, 2.75) is 13.3 Å². The molecule has 1 aromatic rings. The molecule has 1 aromatic heterocycles. The van der Waals surface area contributed by atoms with Crippen LogP contribution in [0, 0.1) is 5.95 Å². The van der Waals surface area contributed by atoms with Gasteiger partial charge in [0.1, 0.15) is 10.2 Å². The predicted molar refractivity (Wildman–Crippen MR) is 52.8 cm³/mol. The molecule has 0 radical (unpaired) electrons. The van der Waals surface area contributed by atoms with Crippen LogP contribution in [0.2, 0.25) is 0 Å². The molecular formula is C9H7BrF3NO2. The zero-order chi connectivity index (χ0) is 12.3. The van der Waals surface area contributed by atoms with E-state index in [0.29, 0.717) is 6.07 Å². The van der Waals surface area contributed by atoms with Crippen LogP contribution in [-0.2, 0) is 4.74 Å². The fourth-order valence-electron chi connectivity index (χ4n) is 1.08. The number of carbonyl (C=O) groups excluding carboxylic acids is 1. The van der Waals surface area contributed by atoms with Gasteiger partial charge in [-0.05, 0) is 22.9 Å². The molecule has 0 atom stereocenters. The van der Waals surface area contributed by atoms with Crippen LogP contribution in [0.1, 0.15) is 29.3 Å². The van der Waals surface area contributed by atoms with Gasteiger partial charge >= 0.3 is 5.97 Å². The molecule has 0 saturated heterocycles. The second kappa shape index (κ2) is 5.29. The largest absolute Gasteiger partial charge is 0.462 e. The Bertz CT molecular complexity index is 412. The highest BCUT2D eigenvalue weighted by atomic mass is 79.9. The number of ether oxygens (including phenoxy) is 1. The van der Waals surface area contributed by atoms with Gasteiger partial charge in [0.25, 0.3) is 6.43 Å². The first-order chi connectivity index (χ1) is 7.47. The molecule has 0 spiro atoms. The smallest absolute Gasteiger partial charge is 0.341 e. The van der Waals surface area contributed by atoms with E-state index in [9.17, 15) is 18.0 Å². The van der Waals surface area contributed by atoms with E-state index in [-0.39, 0.29) is 11.2 Å². The molecule has 0 aromatic carbocycles. The summed E-state index contributed by atoms with van der Waals surface area (Å²) in [5.74, 6) is -2.05. The third kappa shape index (κ3) is 2.72. The first-order valence-electron chi connectivity index (χ1n) is 4.28. The third-order valence-electron chi connectivity index (χ3n) is 1.69. The average Bonchev–Trinajstić information content (AvgIpc) is 2.16. The number of nitrogens with zero attached hydrogens (tertiary/aromatic N) is 1. The van der Waals surface area contributed by atoms with Crippen molar-refractivity contribution in [1.29, 1.82) is 0 Å². The van der Waals surface area contributed by atoms with Crippen LogP contribution in [0.25, 0.3) is 0 Å². The van der Waals surface area contributed by atoms with E-state index in [1.165, 1.54) is 6.92 Å². The Hall–Kier alpha value is -1.11. The fourth-order valence-corrected chi connectivity index (χ4v) is 1.64. The summed E-state index contributed by atoms with van der Waals surface area (Å²) in [5.41, 5.74) is -1.18. The van der Waals surface area contributed by atoms with Crippen LogP contribution in [0.15, 0.2) is 10.7 Å². The van der Waals surface area contributed by atoms with Gasteiger partial charge in [0, 0.05) is 11.6 Å². The Balaban J connectivity index is 3.29. The van der Waals surface area contributed by atoms with Gasteiger partial charge in [-0.3, -0.25) is 0 Å².